The molecule has 2 aromatic carbocycles. The second-order valence-corrected chi connectivity index (χ2v) is 7.53. The van der Waals surface area contributed by atoms with E-state index in [0.29, 0.717) is 32.3 Å². The van der Waals surface area contributed by atoms with Crippen molar-refractivity contribution >= 4 is 35.0 Å². The van der Waals surface area contributed by atoms with E-state index < -0.39 is 6.10 Å². The van der Waals surface area contributed by atoms with Crippen molar-refractivity contribution in [2.24, 2.45) is 0 Å². The lowest BCUT2D eigenvalue weighted by Crippen LogP contribution is -2.15. The van der Waals surface area contributed by atoms with Gasteiger partial charge in [0.1, 0.15) is 0 Å². The van der Waals surface area contributed by atoms with Crippen molar-refractivity contribution in [3.63, 3.8) is 0 Å². The summed E-state index contributed by atoms with van der Waals surface area (Å²) in [6.07, 6.45) is -0.829. The Bertz CT molecular complexity index is 917. The molecule has 0 saturated carbocycles. The van der Waals surface area contributed by atoms with Gasteiger partial charge in [-0.2, -0.15) is 0 Å². The molecule has 5 nitrogen and oxygen atoms in total. The Morgan fingerprint density at radius 1 is 1.15 bits per heavy atom. The van der Waals surface area contributed by atoms with Crippen LogP contribution < -0.4 is 0 Å². The van der Waals surface area contributed by atoms with Crippen LogP contribution in [0.25, 0.3) is 17.1 Å². The fourth-order valence-corrected chi connectivity index (χ4v) is 3.82. The lowest BCUT2D eigenvalue weighted by molar-refractivity contribution is 0.113. The Labute approximate surface area is 165 Å². The van der Waals surface area contributed by atoms with Gasteiger partial charge in [0.2, 0.25) is 0 Å². The van der Waals surface area contributed by atoms with E-state index in [1.165, 1.54) is 11.8 Å². The monoisotopic (exact) mass is 409 g/mol. The summed E-state index contributed by atoms with van der Waals surface area (Å²) in [5.74, 6) is 0.886. The molecule has 1 heterocycles. The number of rotatable bonds is 6. The number of aromatic nitrogens is 3. The molecule has 0 aliphatic heterocycles. The number of aryl methyl sites for hydroxylation is 1. The van der Waals surface area contributed by atoms with Gasteiger partial charge >= 0.3 is 0 Å². The number of benzene rings is 2. The van der Waals surface area contributed by atoms with Crippen molar-refractivity contribution in [1.29, 1.82) is 0 Å². The Kier molecular flexibility index (Phi) is 6.21. The first kappa shape index (κ1) is 19.2. The van der Waals surface area contributed by atoms with Crippen LogP contribution in [0, 0.1) is 6.92 Å². The molecule has 3 aromatic rings. The fraction of sp³-hybridized carbons (Fsp3) is 0.222. The minimum Gasteiger partial charge on any atom is -0.394 e. The van der Waals surface area contributed by atoms with E-state index in [9.17, 15) is 5.11 Å². The van der Waals surface area contributed by atoms with Crippen LogP contribution in [0.1, 0.15) is 5.56 Å². The van der Waals surface area contributed by atoms with Gasteiger partial charge in [-0.15, -0.1) is 10.2 Å². The summed E-state index contributed by atoms with van der Waals surface area (Å²) in [5.41, 5.74) is 2.67. The van der Waals surface area contributed by atoms with E-state index >= 15 is 0 Å². The van der Waals surface area contributed by atoms with Gasteiger partial charge < -0.3 is 10.2 Å². The van der Waals surface area contributed by atoms with E-state index in [1.54, 1.807) is 18.2 Å². The van der Waals surface area contributed by atoms with Gasteiger partial charge in [-0.25, -0.2) is 0 Å². The zero-order valence-electron chi connectivity index (χ0n) is 13.9. The van der Waals surface area contributed by atoms with Gasteiger partial charge in [-0.05, 0) is 36.8 Å². The van der Waals surface area contributed by atoms with E-state index in [2.05, 4.69) is 10.2 Å². The summed E-state index contributed by atoms with van der Waals surface area (Å²) in [7, 11) is 0. The van der Waals surface area contributed by atoms with Crippen molar-refractivity contribution in [3.8, 4) is 17.1 Å². The van der Waals surface area contributed by atoms with Gasteiger partial charge in [-0.1, -0.05) is 53.2 Å². The minimum absolute atomic E-state index is 0.300. The van der Waals surface area contributed by atoms with Gasteiger partial charge in [0.05, 0.1) is 23.4 Å². The normalized spacial score (nSPS) is 12.3. The molecule has 0 saturated heterocycles. The molecule has 0 radical (unpaired) electrons. The van der Waals surface area contributed by atoms with Crippen LogP contribution in [-0.4, -0.2) is 43.4 Å². The molecule has 3 rings (SSSR count). The maximum atomic E-state index is 9.67. The molecule has 0 fully saturated rings. The highest BCUT2D eigenvalue weighted by Gasteiger charge is 2.20. The maximum Gasteiger partial charge on any atom is 0.196 e. The van der Waals surface area contributed by atoms with Gasteiger partial charge in [-0.3, -0.25) is 4.57 Å². The molecule has 0 bridgehead atoms. The molecule has 0 amide bonds. The van der Waals surface area contributed by atoms with Crippen molar-refractivity contribution in [3.05, 3.63) is 58.1 Å². The second kappa shape index (κ2) is 8.41. The van der Waals surface area contributed by atoms with Crippen molar-refractivity contribution < 1.29 is 10.2 Å². The Morgan fingerprint density at radius 3 is 2.62 bits per heavy atom. The molecule has 0 unspecified atom stereocenters. The highest BCUT2D eigenvalue weighted by molar-refractivity contribution is 7.99. The van der Waals surface area contributed by atoms with E-state index in [0.717, 1.165) is 11.3 Å². The van der Waals surface area contributed by atoms with Crippen molar-refractivity contribution in [1.82, 2.24) is 14.8 Å². The molecule has 2 N–H and O–H groups in total. The molecule has 0 aliphatic carbocycles. The lowest BCUT2D eigenvalue weighted by Gasteiger charge is -2.14. The summed E-state index contributed by atoms with van der Waals surface area (Å²) in [4.78, 5) is 0. The number of para-hydroxylation sites is 1. The highest BCUT2D eigenvalue weighted by atomic mass is 35.5. The van der Waals surface area contributed by atoms with Gasteiger partial charge in [0, 0.05) is 16.3 Å². The van der Waals surface area contributed by atoms with Crippen LogP contribution in [0.3, 0.4) is 0 Å². The molecular weight excluding hydrogens is 393 g/mol. The number of aliphatic hydroxyl groups is 2. The van der Waals surface area contributed by atoms with Crippen LogP contribution in [-0.2, 0) is 0 Å². The third kappa shape index (κ3) is 4.05. The predicted molar refractivity (Wildman–Crippen MR) is 105 cm³/mol. The first-order valence-electron chi connectivity index (χ1n) is 7.90. The molecular formula is C18H17Cl2N3O2S. The Balaban J connectivity index is 2.13. The number of halogens is 2. The molecule has 26 heavy (non-hydrogen) atoms. The number of hydrogen-bond acceptors (Lipinski definition) is 5. The number of thioether (sulfide) groups is 1. The first-order chi connectivity index (χ1) is 12.5. The summed E-state index contributed by atoms with van der Waals surface area (Å²) in [5, 5.41) is 28.9. The zero-order valence-corrected chi connectivity index (χ0v) is 16.3. The maximum absolute atomic E-state index is 9.67. The summed E-state index contributed by atoms with van der Waals surface area (Å²) < 4.78 is 1.90. The number of aliphatic hydroxyl groups excluding tert-OH is 2. The average Bonchev–Trinajstić information content (AvgIpc) is 3.03. The third-order valence-corrected chi connectivity index (χ3v) is 5.40. The van der Waals surface area contributed by atoms with Crippen molar-refractivity contribution in [2.45, 2.75) is 18.2 Å². The fourth-order valence-electron chi connectivity index (χ4n) is 2.46. The first-order valence-corrected chi connectivity index (χ1v) is 9.64. The average molecular weight is 410 g/mol. The summed E-state index contributed by atoms with van der Waals surface area (Å²) in [6.45, 7) is 1.70. The van der Waals surface area contributed by atoms with Gasteiger partial charge in [0.25, 0.3) is 0 Å². The quantitative estimate of drug-likeness (QED) is 0.602. The van der Waals surface area contributed by atoms with Crippen LogP contribution in [0.4, 0.5) is 0 Å². The van der Waals surface area contributed by atoms with Gasteiger partial charge in [0.15, 0.2) is 11.0 Å². The van der Waals surface area contributed by atoms with Crippen LogP contribution in [0.15, 0.2) is 47.6 Å². The minimum atomic E-state index is -0.829. The molecule has 8 heteroatoms. The van der Waals surface area contributed by atoms with E-state index in [4.69, 9.17) is 28.3 Å². The van der Waals surface area contributed by atoms with E-state index in [-0.39, 0.29) is 6.61 Å². The van der Waals surface area contributed by atoms with Crippen LogP contribution in [0.2, 0.25) is 10.0 Å². The van der Waals surface area contributed by atoms with E-state index in [1.807, 2.05) is 35.8 Å². The molecule has 0 spiro atoms. The zero-order chi connectivity index (χ0) is 18.7. The predicted octanol–water partition coefficient (Wildman–Crippen LogP) is 3.99. The van der Waals surface area contributed by atoms with Crippen LogP contribution >= 0.6 is 35.0 Å². The molecule has 0 aliphatic rings. The Hall–Kier alpha value is -1.57. The molecule has 1 aromatic heterocycles. The summed E-state index contributed by atoms with van der Waals surface area (Å²) >= 11 is 13.7. The molecule has 1 atom stereocenters. The standard InChI is InChI=1S/C18H17Cl2N3O2S/c1-11-4-2-3-5-16(11)23-17(14-7-6-12(19)8-15(14)20)21-22-18(23)26-10-13(25)9-24/h2-8,13,24-25H,9-10H2,1H3/t13-/m1/s1. The summed E-state index contributed by atoms with van der Waals surface area (Å²) in [6, 6.07) is 13.1. The highest BCUT2D eigenvalue weighted by Crippen LogP contribution is 2.34. The molecule has 136 valence electrons. The van der Waals surface area contributed by atoms with Crippen molar-refractivity contribution in [2.75, 3.05) is 12.4 Å². The SMILES string of the molecule is Cc1ccccc1-n1c(SC[C@H](O)CO)nnc1-c1ccc(Cl)cc1Cl. The topological polar surface area (TPSA) is 71.2 Å². The lowest BCUT2D eigenvalue weighted by atomic mass is 10.1. The Morgan fingerprint density at radius 2 is 1.92 bits per heavy atom. The smallest absolute Gasteiger partial charge is 0.196 e. The number of hydrogen-bond donors (Lipinski definition) is 2. The largest absolute Gasteiger partial charge is 0.394 e. The second-order valence-electron chi connectivity index (χ2n) is 5.70. The third-order valence-electron chi connectivity index (χ3n) is 3.78. The number of nitrogens with zero attached hydrogens (tertiary/aromatic N) is 3. The van der Waals surface area contributed by atoms with Crippen LogP contribution in [0.5, 0.6) is 0 Å².